The monoisotopic (exact) mass is 465 g/mol. The summed E-state index contributed by atoms with van der Waals surface area (Å²) in [6.07, 6.45) is 1.84. The molecule has 0 fully saturated rings. The SMILES string of the molecule is CC(C)[C@H](N)C(=O)NCC(=O)NCc1cccc(Cn2cnc3ccccc32)c1.Cl.Cl. The maximum absolute atomic E-state index is 12.0. The average molecular weight is 466 g/mol. The van der Waals surface area contributed by atoms with Crippen LogP contribution in [0, 0.1) is 5.92 Å². The van der Waals surface area contributed by atoms with Crippen LogP contribution in [0.25, 0.3) is 11.0 Å². The number of amides is 2. The van der Waals surface area contributed by atoms with Gasteiger partial charge in [-0.05, 0) is 29.2 Å². The largest absolute Gasteiger partial charge is 0.350 e. The molecule has 7 nitrogen and oxygen atoms in total. The van der Waals surface area contributed by atoms with Gasteiger partial charge in [-0.15, -0.1) is 24.8 Å². The summed E-state index contributed by atoms with van der Waals surface area (Å²) in [7, 11) is 0. The molecule has 31 heavy (non-hydrogen) atoms. The fourth-order valence-corrected chi connectivity index (χ4v) is 3.02. The third-order valence-electron chi connectivity index (χ3n) is 4.81. The Hall–Kier alpha value is -2.61. The van der Waals surface area contributed by atoms with Gasteiger partial charge in [-0.1, -0.05) is 50.2 Å². The molecular formula is C22H29Cl2N5O2. The third-order valence-corrected chi connectivity index (χ3v) is 4.81. The highest BCUT2D eigenvalue weighted by Gasteiger charge is 2.17. The number of carbonyl (C=O) groups excluding carboxylic acids is 2. The molecule has 0 unspecified atom stereocenters. The maximum atomic E-state index is 12.0. The first-order chi connectivity index (χ1) is 13.9. The Bertz CT molecular complexity index is 1010. The number of carbonyl (C=O) groups is 2. The topological polar surface area (TPSA) is 102 Å². The van der Waals surface area contributed by atoms with E-state index in [-0.39, 0.29) is 49.1 Å². The normalized spacial score (nSPS) is 11.4. The molecule has 3 aromatic rings. The van der Waals surface area contributed by atoms with Crippen molar-refractivity contribution in [3.63, 3.8) is 0 Å². The van der Waals surface area contributed by atoms with E-state index in [0.29, 0.717) is 13.1 Å². The molecule has 4 N–H and O–H groups in total. The van der Waals surface area contributed by atoms with Crippen molar-refractivity contribution < 1.29 is 9.59 Å². The van der Waals surface area contributed by atoms with Crippen LogP contribution in [0.15, 0.2) is 54.9 Å². The molecule has 0 aliphatic rings. The highest BCUT2D eigenvalue weighted by atomic mass is 35.5. The van der Waals surface area contributed by atoms with Crippen molar-refractivity contribution in [2.75, 3.05) is 6.54 Å². The van der Waals surface area contributed by atoms with E-state index in [2.05, 4.69) is 26.3 Å². The lowest BCUT2D eigenvalue weighted by Gasteiger charge is -2.15. The lowest BCUT2D eigenvalue weighted by Crippen LogP contribution is -2.47. The van der Waals surface area contributed by atoms with Crippen LogP contribution in [-0.2, 0) is 22.7 Å². The lowest BCUT2D eigenvalue weighted by atomic mass is 10.1. The van der Waals surface area contributed by atoms with Crippen molar-refractivity contribution >= 4 is 47.7 Å². The summed E-state index contributed by atoms with van der Waals surface area (Å²) in [5, 5.41) is 5.40. The van der Waals surface area contributed by atoms with Crippen molar-refractivity contribution in [3.05, 3.63) is 66.0 Å². The van der Waals surface area contributed by atoms with Gasteiger partial charge in [0.2, 0.25) is 11.8 Å². The van der Waals surface area contributed by atoms with Crippen LogP contribution in [0.4, 0.5) is 0 Å². The molecule has 9 heteroatoms. The summed E-state index contributed by atoms with van der Waals surface area (Å²) in [6.45, 7) is 4.74. The molecule has 0 radical (unpaired) electrons. The van der Waals surface area contributed by atoms with E-state index in [1.165, 1.54) is 0 Å². The maximum Gasteiger partial charge on any atom is 0.239 e. The number of fused-ring (bicyclic) bond motifs is 1. The van der Waals surface area contributed by atoms with Gasteiger partial charge >= 0.3 is 0 Å². The highest BCUT2D eigenvalue weighted by molar-refractivity contribution is 5.87. The standard InChI is InChI=1S/C22H27N5O2.2ClH/c1-15(2)21(23)22(29)25-12-20(28)24-11-16-6-5-7-17(10-16)13-27-14-26-18-8-3-4-9-19(18)27;;/h3-10,14-15,21H,11-13,23H2,1-2H3,(H,24,28)(H,25,29);2*1H/t21-;;/m0../s1. The van der Waals surface area contributed by atoms with Gasteiger partial charge in [0.25, 0.3) is 0 Å². The third kappa shape index (κ3) is 7.24. The Kier molecular flexibility index (Phi) is 10.5. The highest BCUT2D eigenvalue weighted by Crippen LogP contribution is 2.15. The summed E-state index contributed by atoms with van der Waals surface area (Å²) >= 11 is 0. The molecule has 2 amide bonds. The van der Waals surface area contributed by atoms with Crippen molar-refractivity contribution in [2.45, 2.75) is 33.0 Å². The second-order valence-electron chi connectivity index (χ2n) is 7.45. The number of nitrogens with one attached hydrogen (secondary N) is 2. The summed E-state index contributed by atoms with van der Waals surface area (Å²) < 4.78 is 2.10. The van der Waals surface area contributed by atoms with E-state index in [1.807, 2.05) is 62.6 Å². The lowest BCUT2D eigenvalue weighted by molar-refractivity contribution is -0.127. The molecule has 2 aromatic carbocycles. The van der Waals surface area contributed by atoms with Gasteiger partial charge in [-0.25, -0.2) is 4.98 Å². The molecule has 0 aliphatic heterocycles. The van der Waals surface area contributed by atoms with E-state index in [0.717, 1.165) is 22.2 Å². The molecule has 1 atom stereocenters. The first-order valence-corrected chi connectivity index (χ1v) is 9.71. The molecule has 0 spiro atoms. The number of nitrogens with zero attached hydrogens (tertiary/aromatic N) is 2. The zero-order valence-electron chi connectivity index (χ0n) is 17.6. The Balaban J connectivity index is 0.00000240. The zero-order chi connectivity index (χ0) is 20.8. The van der Waals surface area contributed by atoms with Crippen LogP contribution in [0.1, 0.15) is 25.0 Å². The van der Waals surface area contributed by atoms with E-state index in [9.17, 15) is 9.59 Å². The van der Waals surface area contributed by atoms with Gasteiger partial charge in [-0.3, -0.25) is 9.59 Å². The summed E-state index contributed by atoms with van der Waals surface area (Å²) in [6, 6.07) is 15.4. The second kappa shape index (κ2) is 12.3. The van der Waals surface area contributed by atoms with Gasteiger partial charge < -0.3 is 20.9 Å². The van der Waals surface area contributed by atoms with Crippen molar-refractivity contribution in [1.29, 1.82) is 0 Å². The smallest absolute Gasteiger partial charge is 0.239 e. The van der Waals surface area contributed by atoms with Gasteiger partial charge in [-0.2, -0.15) is 0 Å². The number of halogens is 2. The van der Waals surface area contributed by atoms with Crippen LogP contribution in [0.3, 0.4) is 0 Å². The van der Waals surface area contributed by atoms with Crippen LogP contribution >= 0.6 is 24.8 Å². The minimum Gasteiger partial charge on any atom is -0.350 e. The number of imidazole rings is 1. The number of benzene rings is 2. The molecule has 168 valence electrons. The molecule has 0 saturated heterocycles. The van der Waals surface area contributed by atoms with Crippen LogP contribution < -0.4 is 16.4 Å². The van der Waals surface area contributed by atoms with Gasteiger partial charge in [0.15, 0.2) is 0 Å². The van der Waals surface area contributed by atoms with E-state index < -0.39 is 6.04 Å². The van der Waals surface area contributed by atoms with Crippen molar-refractivity contribution in [2.24, 2.45) is 11.7 Å². The summed E-state index contributed by atoms with van der Waals surface area (Å²) in [4.78, 5) is 28.3. The average Bonchev–Trinajstić information content (AvgIpc) is 3.13. The first-order valence-electron chi connectivity index (χ1n) is 9.71. The molecule has 0 aliphatic carbocycles. The van der Waals surface area contributed by atoms with Crippen molar-refractivity contribution in [1.82, 2.24) is 20.2 Å². The Morgan fingerprint density at radius 2 is 1.74 bits per heavy atom. The Morgan fingerprint density at radius 1 is 1.03 bits per heavy atom. The molecular weight excluding hydrogens is 437 g/mol. The van der Waals surface area contributed by atoms with E-state index >= 15 is 0 Å². The van der Waals surface area contributed by atoms with Crippen LogP contribution in [-0.4, -0.2) is 34.0 Å². The van der Waals surface area contributed by atoms with Crippen LogP contribution in [0.2, 0.25) is 0 Å². The van der Waals surface area contributed by atoms with E-state index in [1.54, 1.807) is 0 Å². The summed E-state index contributed by atoms with van der Waals surface area (Å²) in [5.41, 5.74) is 9.93. The fourth-order valence-electron chi connectivity index (χ4n) is 3.02. The number of rotatable bonds is 8. The fraction of sp³-hybridized carbons (Fsp3) is 0.318. The van der Waals surface area contributed by atoms with Gasteiger partial charge in [0.1, 0.15) is 0 Å². The minimum absolute atomic E-state index is 0. The Morgan fingerprint density at radius 3 is 2.48 bits per heavy atom. The number of hydrogen-bond acceptors (Lipinski definition) is 4. The van der Waals surface area contributed by atoms with E-state index in [4.69, 9.17) is 5.73 Å². The number of para-hydroxylation sites is 2. The number of nitrogens with two attached hydrogens (primary N) is 1. The predicted molar refractivity (Wildman–Crippen MR) is 127 cm³/mol. The van der Waals surface area contributed by atoms with Gasteiger partial charge in [0, 0.05) is 13.1 Å². The molecule has 0 saturated carbocycles. The quantitative estimate of drug-likeness (QED) is 0.475. The number of hydrogen-bond donors (Lipinski definition) is 3. The predicted octanol–water partition coefficient (Wildman–Crippen LogP) is 2.64. The zero-order valence-corrected chi connectivity index (χ0v) is 19.2. The molecule has 0 bridgehead atoms. The van der Waals surface area contributed by atoms with Crippen molar-refractivity contribution in [3.8, 4) is 0 Å². The number of aromatic nitrogens is 2. The van der Waals surface area contributed by atoms with Crippen LogP contribution in [0.5, 0.6) is 0 Å². The Labute approximate surface area is 194 Å². The minimum atomic E-state index is -0.612. The first kappa shape index (κ1) is 26.4. The summed E-state index contributed by atoms with van der Waals surface area (Å²) in [5.74, 6) is -0.543. The van der Waals surface area contributed by atoms with Gasteiger partial charge in [0.05, 0.1) is 29.9 Å². The molecule has 1 heterocycles. The molecule has 1 aromatic heterocycles. The molecule has 3 rings (SSSR count). The second-order valence-corrected chi connectivity index (χ2v) is 7.45.